The van der Waals surface area contributed by atoms with Crippen LogP contribution in [0.25, 0.3) is 24.3 Å². The number of aromatic hydroxyl groups is 3. The lowest BCUT2D eigenvalue weighted by molar-refractivity contribution is 0.0686. The number of hydrogen-bond acceptors (Lipinski definition) is 9. The van der Waals surface area contributed by atoms with Crippen molar-refractivity contribution in [3.8, 4) is 35.3 Å². The molecule has 0 aliphatic heterocycles. The van der Waals surface area contributed by atoms with Crippen LogP contribution in [0, 0.1) is 47.0 Å². The highest BCUT2D eigenvalue weighted by atomic mass is 16.5. The van der Waals surface area contributed by atoms with Gasteiger partial charge in [0.2, 0.25) is 0 Å². The van der Waals surface area contributed by atoms with Crippen molar-refractivity contribution in [2.75, 3.05) is 0 Å². The third-order valence-corrected chi connectivity index (χ3v) is 15.5. The predicted molar refractivity (Wildman–Crippen MR) is 372 cm³/mol. The first-order valence-electron chi connectivity index (χ1n) is 30.2. The number of aromatic carboxylic acids is 3. The number of carbonyl (C=O) groups is 5. The summed E-state index contributed by atoms with van der Waals surface area (Å²) in [5.41, 5.74) is 16.0. The van der Waals surface area contributed by atoms with Gasteiger partial charge in [0.15, 0.2) is 11.6 Å². The molecule has 0 heterocycles. The summed E-state index contributed by atoms with van der Waals surface area (Å²) in [5, 5.41) is 55.0. The third kappa shape index (κ3) is 21.2. The second-order valence-electron chi connectivity index (χ2n) is 22.6. The Balaban J connectivity index is 0.000000166. The Hall–Kier alpha value is -11.8. The Morgan fingerprint density at radius 1 is 0.447 bits per heavy atom. The zero-order valence-corrected chi connectivity index (χ0v) is 53.2. The van der Waals surface area contributed by atoms with Crippen LogP contribution in [0.4, 0.5) is 0 Å². The second-order valence-corrected chi connectivity index (χ2v) is 22.6. The van der Waals surface area contributed by atoms with E-state index in [0.717, 1.165) is 67.8 Å². The lowest BCUT2D eigenvalue weighted by atomic mass is 9.97. The fourth-order valence-corrected chi connectivity index (χ4v) is 10.1. The van der Waals surface area contributed by atoms with Crippen molar-refractivity contribution < 1.29 is 59.3 Å². The fraction of sp³-hybridized carbons (Fsp3) is 0.134. The normalized spacial score (nSPS) is 12.6. The number of rotatable bonds is 16. The van der Waals surface area contributed by atoms with E-state index < -0.39 is 17.9 Å². The molecule has 0 radical (unpaired) electrons. The summed E-state index contributed by atoms with van der Waals surface area (Å²) in [6.45, 7) is 11.6. The van der Waals surface area contributed by atoms with Crippen molar-refractivity contribution in [1.82, 2.24) is 0 Å². The number of terminal acetylenes is 1. The number of hydrogen-bond donors (Lipinski definition) is 6. The average Bonchev–Trinajstić information content (AvgIpc) is 1.63. The lowest BCUT2D eigenvalue weighted by Gasteiger charge is -2.08. The Morgan fingerprint density at radius 2 is 0.979 bits per heavy atom. The molecule has 10 aromatic rings. The summed E-state index contributed by atoms with van der Waals surface area (Å²) in [6.07, 6.45) is 14.4. The third-order valence-electron chi connectivity index (χ3n) is 15.5. The van der Waals surface area contributed by atoms with Crippen LogP contribution >= 0.6 is 0 Å². The SMILES string of the molecule is C#Cc1cccc(/C=C/c2ccc(O)cc2C)c1.CC(=O)c1cccc(CC(=O)c2ccc(O)cc2C)c1.Cc1cc(O)ccc1/C=C/c1ccccc1C(=O)O.Cc1ccc(OCc2cccc(C(=O)O)c2)cc1C.O=C(O)c1cccc([C@H]2C[C@@H]2c2ccccc2)c1. The Morgan fingerprint density at radius 3 is 1.59 bits per heavy atom. The minimum absolute atomic E-state index is 0.0138. The van der Waals surface area contributed by atoms with Gasteiger partial charge in [0.05, 0.1) is 16.7 Å². The molecule has 12 heteroatoms. The number of carbonyl (C=O) groups excluding carboxylic acids is 2. The summed E-state index contributed by atoms with van der Waals surface area (Å²) < 4.78 is 5.67. The molecule has 474 valence electrons. The molecular formula is C82H74O12. The minimum Gasteiger partial charge on any atom is -0.508 e. The van der Waals surface area contributed by atoms with Gasteiger partial charge in [-0.05, 0) is 235 Å². The topological polar surface area (TPSA) is 216 Å². The van der Waals surface area contributed by atoms with Gasteiger partial charge >= 0.3 is 17.9 Å². The van der Waals surface area contributed by atoms with Crippen LogP contribution in [0.15, 0.2) is 224 Å². The molecule has 0 bridgehead atoms. The van der Waals surface area contributed by atoms with E-state index in [0.29, 0.717) is 46.4 Å². The summed E-state index contributed by atoms with van der Waals surface area (Å²) >= 11 is 0. The van der Waals surface area contributed by atoms with Crippen molar-refractivity contribution in [1.29, 1.82) is 0 Å². The maximum atomic E-state index is 12.3. The summed E-state index contributed by atoms with van der Waals surface area (Å²) in [6, 6.07) is 67.3. The van der Waals surface area contributed by atoms with Crippen LogP contribution in [0.2, 0.25) is 0 Å². The molecule has 0 saturated heterocycles. The molecular weight excluding hydrogens is 1180 g/mol. The molecule has 1 saturated carbocycles. The molecule has 12 nitrogen and oxygen atoms in total. The van der Waals surface area contributed by atoms with Crippen molar-refractivity contribution in [3.05, 3.63) is 330 Å². The van der Waals surface area contributed by atoms with E-state index in [1.54, 1.807) is 128 Å². The van der Waals surface area contributed by atoms with Gasteiger partial charge in [-0.1, -0.05) is 152 Å². The largest absolute Gasteiger partial charge is 0.508 e. The lowest BCUT2D eigenvalue weighted by Crippen LogP contribution is -2.06. The average molecular weight is 1250 g/mol. The number of carboxylic acids is 3. The van der Waals surface area contributed by atoms with Gasteiger partial charge in [-0.2, -0.15) is 0 Å². The van der Waals surface area contributed by atoms with E-state index in [1.807, 2.05) is 118 Å². The maximum absolute atomic E-state index is 12.3. The zero-order chi connectivity index (χ0) is 67.8. The Bertz CT molecular complexity index is 4430. The molecule has 0 amide bonds. The standard InChI is InChI=1S/C17H16O3.C17H14O.C16H16O3.C16H14O3.C16H14O2/c1-11-8-15(19)6-7-16(11)17(20)10-13-4-3-5-14(9-13)12(2)18;1-3-14-5-4-6-15(12-14)7-8-16-9-10-17(18)11-13(16)2;1-11-6-7-15(8-12(11)2)19-10-13-4-3-5-14(9-13)16(17)18;1-11-10-14(17)9-8-12(11)6-7-13-4-2-3-5-15(13)16(18)19;17-16(18)13-8-4-7-12(9-13)15-10-14(15)11-5-2-1-3-6-11/h3-9,19H,10H2,1-2H3;1,4-12,18H,2H3;3-9H,10H2,1-2H3,(H,17,18);2-10,17H,1H3,(H,18,19);1-9,14-15H,10H2,(H,17,18)/b;8-7+;;7-6+;/t;;;;14-,15-/m....1/s1. The van der Waals surface area contributed by atoms with E-state index in [1.165, 1.54) is 29.7 Å². The number of phenolic OH excluding ortho intramolecular Hbond substituents is 3. The second kappa shape index (κ2) is 33.9. The molecule has 1 aliphatic carbocycles. The molecule has 1 fully saturated rings. The van der Waals surface area contributed by atoms with Crippen LogP contribution in [0.1, 0.15) is 155 Å². The van der Waals surface area contributed by atoms with Crippen molar-refractivity contribution in [3.63, 3.8) is 0 Å². The number of Topliss-reactive ketones (excluding diaryl/α,β-unsaturated/α-hetero) is 2. The summed E-state index contributed by atoms with van der Waals surface area (Å²) in [5.74, 6) is 2.35. The number of ketones is 2. The van der Waals surface area contributed by atoms with Gasteiger partial charge in [0, 0.05) is 23.1 Å². The fourth-order valence-electron chi connectivity index (χ4n) is 10.1. The molecule has 2 atom stereocenters. The molecule has 0 unspecified atom stereocenters. The van der Waals surface area contributed by atoms with Gasteiger partial charge in [-0.3, -0.25) is 9.59 Å². The smallest absolute Gasteiger partial charge is 0.336 e. The quantitative estimate of drug-likeness (QED) is 0.0303. The number of aryl methyl sites for hydroxylation is 5. The highest BCUT2D eigenvalue weighted by Gasteiger charge is 2.39. The number of ether oxygens (including phenoxy) is 1. The predicted octanol–water partition coefficient (Wildman–Crippen LogP) is 18.0. The Kier molecular flexibility index (Phi) is 25.1. The molecule has 10 aromatic carbocycles. The van der Waals surface area contributed by atoms with E-state index in [-0.39, 0.29) is 40.6 Å². The summed E-state index contributed by atoms with van der Waals surface area (Å²) in [7, 11) is 0. The van der Waals surface area contributed by atoms with Crippen LogP contribution < -0.4 is 4.74 Å². The molecule has 0 aromatic heterocycles. The summed E-state index contributed by atoms with van der Waals surface area (Å²) in [4.78, 5) is 56.5. The number of phenols is 3. The monoisotopic (exact) mass is 1250 g/mol. The molecule has 11 rings (SSSR count). The maximum Gasteiger partial charge on any atom is 0.336 e. The van der Waals surface area contributed by atoms with Gasteiger partial charge in [-0.25, -0.2) is 14.4 Å². The van der Waals surface area contributed by atoms with Gasteiger partial charge < -0.3 is 35.4 Å². The van der Waals surface area contributed by atoms with Crippen molar-refractivity contribution in [2.24, 2.45) is 0 Å². The van der Waals surface area contributed by atoms with E-state index in [9.17, 15) is 39.3 Å². The van der Waals surface area contributed by atoms with Crippen LogP contribution in [0.3, 0.4) is 0 Å². The molecule has 94 heavy (non-hydrogen) atoms. The van der Waals surface area contributed by atoms with E-state index in [4.69, 9.17) is 26.5 Å². The first-order valence-corrected chi connectivity index (χ1v) is 30.2. The highest BCUT2D eigenvalue weighted by Crippen LogP contribution is 2.54. The van der Waals surface area contributed by atoms with Crippen LogP contribution in [-0.2, 0) is 13.0 Å². The number of benzene rings is 10. The van der Waals surface area contributed by atoms with Gasteiger partial charge in [0.1, 0.15) is 29.6 Å². The van der Waals surface area contributed by atoms with Crippen LogP contribution in [0.5, 0.6) is 23.0 Å². The first kappa shape index (κ1) is 69.7. The number of carboxylic acid groups (broad SMARTS) is 3. The minimum atomic E-state index is -0.942. The van der Waals surface area contributed by atoms with Crippen molar-refractivity contribution >= 4 is 53.8 Å². The molecule has 1 aliphatic rings. The first-order chi connectivity index (χ1) is 45.0. The van der Waals surface area contributed by atoms with Crippen LogP contribution in [-0.4, -0.2) is 60.1 Å². The zero-order valence-electron chi connectivity index (χ0n) is 53.2. The van der Waals surface area contributed by atoms with Gasteiger partial charge in [-0.15, -0.1) is 6.42 Å². The Labute approximate surface area is 548 Å². The van der Waals surface area contributed by atoms with Gasteiger partial charge in [0.25, 0.3) is 0 Å². The van der Waals surface area contributed by atoms with E-state index >= 15 is 0 Å². The highest BCUT2D eigenvalue weighted by molar-refractivity contribution is 6.00. The molecule has 6 N–H and O–H groups in total. The van der Waals surface area contributed by atoms with E-state index in [2.05, 4.69) is 37.1 Å². The van der Waals surface area contributed by atoms with Crippen molar-refractivity contribution in [2.45, 2.75) is 72.8 Å². The molecule has 0 spiro atoms.